The van der Waals surface area contributed by atoms with Gasteiger partial charge in [-0.25, -0.2) is 0 Å². The second-order valence-electron chi connectivity index (χ2n) is 4.29. The molecule has 0 radical (unpaired) electrons. The summed E-state index contributed by atoms with van der Waals surface area (Å²) >= 11 is 0. The Morgan fingerprint density at radius 2 is 1.69 bits per heavy atom. The van der Waals surface area contributed by atoms with Crippen molar-refractivity contribution in [1.82, 2.24) is 0 Å². The first-order valence-electron chi connectivity index (χ1n) is 5.10. The SMILES string of the molecule is CCC(C)(OC(C)(C=O)OC)C(C)(O)C=O. The standard InChI is InChI=1S/C11H20O5/c1-6-10(3,9(2,14)7-12)16-11(4,8-13)15-5/h7-8,14H,6H2,1-5H3. The Morgan fingerprint density at radius 1 is 1.19 bits per heavy atom. The zero-order chi connectivity index (χ0) is 13.0. The molecule has 3 unspecified atom stereocenters. The predicted octanol–water partition coefficient (Wildman–Crippen LogP) is 0.683. The summed E-state index contributed by atoms with van der Waals surface area (Å²) in [5.74, 6) is -1.47. The van der Waals surface area contributed by atoms with Crippen molar-refractivity contribution in [2.75, 3.05) is 7.11 Å². The fourth-order valence-corrected chi connectivity index (χ4v) is 1.22. The molecule has 0 aliphatic heterocycles. The second kappa shape index (κ2) is 5.03. The Labute approximate surface area is 95.7 Å². The summed E-state index contributed by atoms with van der Waals surface area (Å²) in [5, 5.41) is 9.93. The summed E-state index contributed by atoms with van der Waals surface area (Å²) < 4.78 is 10.4. The van der Waals surface area contributed by atoms with Gasteiger partial charge in [-0.2, -0.15) is 0 Å². The van der Waals surface area contributed by atoms with Crippen LogP contribution in [0.5, 0.6) is 0 Å². The van der Waals surface area contributed by atoms with Crippen LogP contribution in [0.3, 0.4) is 0 Å². The molecule has 0 aromatic rings. The molecular weight excluding hydrogens is 212 g/mol. The Balaban J connectivity index is 5.14. The van der Waals surface area contributed by atoms with E-state index in [1.165, 1.54) is 21.0 Å². The largest absolute Gasteiger partial charge is 0.380 e. The van der Waals surface area contributed by atoms with Crippen LogP contribution in [-0.2, 0) is 19.1 Å². The van der Waals surface area contributed by atoms with Gasteiger partial charge in [-0.3, -0.25) is 4.79 Å². The van der Waals surface area contributed by atoms with Crippen LogP contribution in [0.4, 0.5) is 0 Å². The third-order valence-corrected chi connectivity index (χ3v) is 3.02. The van der Waals surface area contributed by atoms with Crippen LogP contribution in [0.15, 0.2) is 0 Å². The minimum atomic E-state index is -1.69. The van der Waals surface area contributed by atoms with E-state index < -0.39 is 17.0 Å². The van der Waals surface area contributed by atoms with Crippen molar-refractivity contribution < 1.29 is 24.2 Å². The maximum Gasteiger partial charge on any atom is 0.223 e. The molecule has 0 aliphatic carbocycles. The van der Waals surface area contributed by atoms with E-state index >= 15 is 0 Å². The molecule has 0 aliphatic rings. The van der Waals surface area contributed by atoms with Crippen molar-refractivity contribution >= 4 is 12.6 Å². The van der Waals surface area contributed by atoms with Gasteiger partial charge in [-0.15, -0.1) is 0 Å². The number of ether oxygens (including phenoxy) is 2. The van der Waals surface area contributed by atoms with Gasteiger partial charge in [0.25, 0.3) is 0 Å². The minimum absolute atomic E-state index is 0.353. The molecule has 0 rings (SSSR count). The highest BCUT2D eigenvalue weighted by molar-refractivity contribution is 5.64. The van der Waals surface area contributed by atoms with Crippen molar-refractivity contribution in [3.05, 3.63) is 0 Å². The number of aldehydes is 2. The molecule has 5 nitrogen and oxygen atoms in total. The maximum absolute atomic E-state index is 10.8. The number of rotatable bonds is 7. The quantitative estimate of drug-likeness (QED) is 0.516. The summed E-state index contributed by atoms with van der Waals surface area (Å²) in [4.78, 5) is 21.7. The Morgan fingerprint density at radius 3 is 1.94 bits per heavy atom. The van der Waals surface area contributed by atoms with Crippen molar-refractivity contribution in [3.63, 3.8) is 0 Å². The lowest BCUT2D eigenvalue weighted by molar-refractivity contribution is -0.277. The molecule has 0 saturated heterocycles. The monoisotopic (exact) mass is 232 g/mol. The van der Waals surface area contributed by atoms with E-state index in [0.29, 0.717) is 19.0 Å². The molecule has 0 amide bonds. The van der Waals surface area contributed by atoms with Gasteiger partial charge < -0.3 is 19.4 Å². The number of aliphatic hydroxyl groups is 1. The molecule has 5 heteroatoms. The van der Waals surface area contributed by atoms with Gasteiger partial charge in [0.15, 0.2) is 12.6 Å². The number of hydrogen-bond acceptors (Lipinski definition) is 5. The topological polar surface area (TPSA) is 72.8 Å². The average molecular weight is 232 g/mol. The van der Waals surface area contributed by atoms with E-state index in [9.17, 15) is 14.7 Å². The molecule has 0 saturated carbocycles. The highest BCUT2D eigenvalue weighted by Crippen LogP contribution is 2.32. The Hall–Kier alpha value is -0.780. The zero-order valence-corrected chi connectivity index (χ0v) is 10.4. The van der Waals surface area contributed by atoms with Crippen LogP contribution in [0, 0.1) is 0 Å². The fourth-order valence-electron chi connectivity index (χ4n) is 1.22. The first kappa shape index (κ1) is 15.2. The van der Waals surface area contributed by atoms with Gasteiger partial charge in [0.1, 0.15) is 11.2 Å². The Bertz CT molecular complexity index is 263. The maximum atomic E-state index is 10.8. The van der Waals surface area contributed by atoms with E-state index in [-0.39, 0.29) is 0 Å². The highest BCUT2D eigenvalue weighted by Gasteiger charge is 2.47. The molecule has 0 aromatic carbocycles. The van der Waals surface area contributed by atoms with Crippen molar-refractivity contribution in [2.24, 2.45) is 0 Å². The van der Waals surface area contributed by atoms with Crippen LogP contribution >= 0.6 is 0 Å². The second-order valence-corrected chi connectivity index (χ2v) is 4.29. The highest BCUT2D eigenvalue weighted by atomic mass is 16.7. The van der Waals surface area contributed by atoms with Gasteiger partial charge in [0, 0.05) is 7.11 Å². The number of methoxy groups -OCH3 is 1. The third kappa shape index (κ3) is 2.87. The van der Waals surface area contributed by atoms with E-state index in [4.69, 9.17) is 9.47 Å². The molecule has 0 aromatic heterocycles. The molecule has 94 valence electrons. The molecule has 3 atom stereocenters. The van der Waals surface area contributed by atoms with E-state index in [1.807, 2.05) is 0 Å². The molecule has 0 heterocycles. The van der Waals surface area contributed by atoms with Crippen LogP contribution in [0.25, 0.3) is 0 Å². The number of hydrogen-bond donors (Lipinski definition) is 1. The van der Waals surface area contributed by atoms with Crippen LogP contribution in [0.2, 0.25) is 0 Å². The summed E-state index contributed by atoms with van der Waals surface area (Å²) in [5.41, 5.74) is -2.88. The van der Waals surface area contributed by atoms with Crippen molar-refractivity contribution in [2.45, 2.75) is 51.1 Å². The summed E-state index contributed by atoms with van der Waals surface area (Å²) in [7, 11) is 1.32. The number of carbonyl (C=O) groups excluding carboxylic acids is 2. The van der Waals surface area contributed by atoms with Gasteiger partial charge in [-0.1, -0.05) is 6.92 Å². The Kier molecular flexibility index (Phi) is 4.79. The molecule has 0 fully saturated rings. The zero-order valence-electron chi connectivity index (χ0n) is 10.4. The third-order valence-electron chi connectivity index (χ3n) is 3.02. The first-order valence-corrected chi connectivity index (χ1v) is 5.10. The summed E-state index contributed by atoms with van der Waals surface area (Å²) in [6.07, 6.45) is 1.24. The minimum Gasteiger partial charge on any atom is -0.380 e. The van der Waals surface area contributed by atoms with Crippen LogP contribution < -0.4 is 0 Å². The normalized spacial score (nSPS) is 22.6. The van der Waals surface area contributed by atoms with Gasteiger partial charge in [-0.05, 0) is 27.2 Å². The van der Waals surface area contributed by atoms with Gasteiger partial charge in [0.05, 0.1) is 0 Å². The first-order chi connectivity index (χ1) is 7.20. The predicted molar refractivity (Wildman–Crippen MR) is 57.9 cm³/mol. The molecule has 0 bridgehead atoms. The molecule has 16 heavy (non-hydrogen) atoms. The van der Waals surface area contributed by atoms with Crippen LogP contribution in [0.1, 0.15) is 34.1 Å². The van der Waals surface area contributed by atoms with E-state index in [1.54, 1.807) is 13.8 Å². The lowest BCUT2D eigenvalue weighted by Gasteiger charge is -2.42. The lowest BCUT2D eigenvalue weighted by atomic mass is 9.84. The van der Waals surface area contributed by atoms with Gasteiger partial charge in [0.2, 0.25) is 5.79 Å². The van der Waals surface area contributed by atoms with Crippen molar-refractivity contribution in [1.29, 1.82) is 0 Å². The molecular formula is C11H20O5. The fraction of sp³-hybridized carbons (Fsp3) is 0.818. The van der Waals surface area contributed by atoms with Crippen LogP contribution in [-0.4, -0.2) is 41.8 Å². The summed E-state index contributed by atoms with van der Waals surface area (Å²) in [6, 6.07) is 0. The summed E-state index contributed by atoms with van der Waals surface area (Å²) in [6.45, 7) is 6.07. The number of carbonyl (C=O) groups is 2. The van der Waals surface area contributed by atoms with E-state index in [0.717, 1.165) is 0 Å². The smallest absolute Gasteiger partial charge is 0.223 e. The average Bonchev–Trinajstić information content (AvgIpc) is 2.28. The van der Waals surface area contributed by atoms with Gasteiger partial charge >= 0.3 is 0 Å². The molecule has 1 N–H and O–H groups in total. The lowest BCUT2D eigenvalue weighted by Crippen LogP contribution is -2.57. The van der Waals surface area contributed by atoms with E-state index in [2.05, 4.69) is 0 Å². The molecule has 0 spiro atoms. The van der Waals surface area contributed by atoms with Crippen molar-refractivity contribution in [3.8, 4) is 0 Å².